The van der Waals surface area contributed by atoms with Crippen LogP contribution in [0.5, 0.6) is 0 Å². The Morgan fingerprint density at radius 2 is 2.00 bits per heavy atom. The summed E-state index contributed by atoms with van der Waals surface area (Å²) in [6.07, 6.45) is 0.771. The van der Waals surface area contributed by atoms with Crippen LogP contribution in [0, 0.1) is 0 Å². The highest BCUT2D eigenvalue weighted by atomic mass is 35.5. The third-order valence-corrected chi connectivity index (χ3v) is 5.44. The summed E-state index contributed by atoms with van der Waals surface area (Å²) in [6, 6.07) is 6.64. The summed E-state index contributed by atoms with van der Waals surface area (Å²) in [5.74, 6) is -0.648. The molecule has 0 bridgehead atoms. The fourth-order valence-corrected chi connectivity index (χ4v) is 4.25. The van der Waals surface area contributed by atoms with Crippen molar-refractivity contribution < 1.29 is 14.3 Å². The molecule has 2 aromatic rings. The number of halogens is 2. The number of esters is 1. The van der Waals surface area contributed by atoms with Gasteiger partial charge >= 0.3 is 5.97 Å². The topological polar surface area (TPSA) is 58.6 Å². The van der Waals surface area contributed by atoms with E-state index in [2.05, 4.69) is 10.2 Å². The average Bonchev–Trinajstić information content (AvgIpc) is 2.92. The summed E-state index contributed by atoms with van der Waals surface area (Å²) in [4.78, 5) is 28.3. The lowest BCUT2D eigenvalue weighted by Crippen LogP contribution is -2.26. The number of hydrogen-bond donors (Lipinski definition) is 1. The maximum absolute atomic E-state index is 12.5. The van der Waals surface area contributed by atoms with Gasteiger partial charge in [0.1, 0.15) is 5.00 Å². The Morgan fingerprint density at radius 1 is 1.31 bits per heavy atom. The number of likely N-dealkylation sites (N-methyl/N-ethyl adjacent to an activating group) is 1. The maximum Gasteiger partial charge on any atom is 0.341 e. The smallest absolute Gasteiger partial charge is 0.341 e. The number of amides is 1. The van der Waals surface area contributed by atoms with Crippen LogP contribution < -0.4 is 5.32 Å². The number of thiophene rings is 1. The van der Waals surface area contributed by atoms with Crippen LogP contribution in [0.1, 0.15) is 38.1 Å². The van der Waals surface area contributed by atoms with Crippen molar-refractivity contribution >= 4 is 52.2 Å². The molecule has 0 atom stereocenters. The molecule has 5 nitrogen and oxygen atoms in total. The zero-order valence-corrected chi connectivity index (χ0v) is 16.9. The SMILES string of the molecule is CCOC(=O)c1c(NC(=O)c2ccc(Cl)cc2)sc2c1CCN(C)C2.Cl. The van der Waals surface area contributed by atoms with Gasteiger partial charge in [-0.1, -0.05) is 11.6 Å². The van der Waals surface area contributed by atoms with Gasteiger partial charge in [-0.05, 0) is 50.2 Å². The Morgan fingerprint density at radius 3 is 2.65 bits per heavy atom. The van der Waals surface area contributed by atoms with E-state index in [0.717, 1.165) is 30.0 Å². The number of ether oxygens (including phenoxy) is 1. The molecule has 2 heterocycles. The van der Waals surface area contributed by atoms with E-state index >= 15 is 0 Å². The van der Waals surface area contributed by atoms with Crippen molar-refractivity contribution in [3.63, 3.8) is 0 Å². The van der Waals surface area contributed by atoms with Gasteiger partial charge in [0, 0.05) is 28.6 Å². The minimum absolute atomic E-state index is 0. The van der Waals surface area contributed by atoms with Crippen LogP contribution in [-0.2, 0) is 17.7 Å². The molecule has 140 valence electrons. The summed E-state index contributed by atoms with van der Waals surface area (Å²) >= 11 is 7.31. The Hall–Kier alpha value is -1.60. The minimum atomic E-state index is -0.379. The van der Waals surface area contributed by atoms with Gasteiger partial charge in [-0.3, -0.25) is 4.79 Å². The molecule has 3 rings (SSSR count). The monoisotopic (exact) mass is 414 g/mol. The van der Waals surface area contributed by atoms with Gasteiger partial charge in [0.05, 0.1) is 12.2 Å². The second-order valence-corrected chi connectivity index (χ2v) is 7.42. The van der Waals surface area contributed by atoms with Gasteiger partial charge in [0.2, 0.25) is 0 Å². The lowest BCUT2D eigenvalue weighted by Gasteiger charge is -2.22. The molecule has 1 aliphatic heterocycles. The first-order valence-corrected chi connectivity index (χ1v) is 9.26. The molecule has 1 amide bonds. The second-order valence-electron chi connectivity index (χ2n) is 5.88. The van der Waals surface area contributed by atoms with Crippen LogP contribution >= 0.6 is 35.3 Å². The van der Waals surface area contributed by atoms with Crippen molar-refractivity contribution in [1.82, 2.24) is 4.90 Å². The van der Waals surface area contributed by atoms with Crippen molar-refractivity contribution in [2.45, 2.75) is 19.9 Å². The average molecular weight is 415 g/mol. The van der Waals surface area contributed by atoms with Gasteiger partial charge in [-0.2, -0.15) is 0 Å². The number of rotatable bonds is 4. The first-order chi connectivity index (χ1) is 12.0. The van der Waals surface area contributed by atoms with E-state index in [0.29, 0.717) is 27.8 Å². The Kier molecular flexibility index (Phi) is 7.06. The highest BCUT2D eigenvalue weighted by Gasteiger charge is 2.28. The predicted octanol–water partition coefficient (Wildman–Crippen LogP) is 4.24. The van der Waals surface area contributed by atoms with Crippen LogP contribution in [0.25, 0.3) is 0 Å². The molecule has 0 saturated carbocycles. The number of hydrogen-bond acceptors (Lipinski definition) is 5. The summed E-state index contributed by atoms with van der Waals surface area (Å²) in [7, 11) is 2.04. The van der Waals surface area contributed by atoms with Crippen molar-refractivity contribution in [1.29, 1.82) is 0 Å². The number of nitrogens with one attached hydrogen (secondary N) is 1. The summed E-state index contributed by atoms with van der Waals surface area (Å²) in [6.45, 7) is 3.72. The van der Waals surface area contributed by atoms with Crippen molar-refractivity contribution in [3.8, 4) is 0 Å². The highest BCUT2D eigenvalue weighted by Crippen LogP contribution is 2.37. The molecule has 0 radical (unpaired) electrons. The number of carbonyl (C=O) groups is 2. The van der Waals surface area contributed by atoms with E-state index in [-0.39, 0.29) is 24.3 Å². The number of anilines is 1. The first kappa shape index (κ1) is 20.7. The van der Waals surface area contributed by atoms with Crippen molar-refractivity contribution in [3.05, 3.63) is 50.9 Å². The van der Waals surface area contributed by atoms with Gasteiger partial charge in [-0.15, -0.1) is 23.7 Å². The normalized spacial score (nSPS) is 13.5. The van der Waals surface area contributed by atoms with E-state index in [1.807, 2.05) is 7.05 Å². The minimum Gasteiger partial charge on any atom is -0.462 e. The van der Waals surface area contributed by atoms with Crippen LogP contribution in [0.4, 0.5) is 5.00 Å². The molecule has 0 unspecified atom stereocenters. The molecule has 1 aromatic heterocycles. The molecule has 0 aliphatic carbocycles. The van der Waals surface area contributed by atoms with Gasteiger partial charge < -0.3 is 15.0 Å². The first-order valence-electron chi connectivity index (χ1n) is 8.06. The zero-order chi connectivity index (χ0) is 18.0. The Balaban J connectivity index is 0.00000243. The van der Waals surface area contributed by atoms with E-state index < -0.39 is 0 Å². The molecular formula is C18H20Cl2N2O3S. The molecule has 0 fully saturated rings. The third kappa shape index (κ3) is 4.38. The fraction of sp³-hybridized carbons (Fsp3) is 0.333. The third-order valence-electron chi connectivity index (χ3n) is 4.06. The number of benzene rings is 1. The maximum atomic E-state index is 12.5. The van der Waals surface area contributed by atoms with E-state index in [1.165, 1.54) is 11.3 Å². The molecule has 0 saturated heterocycles. The second kappa shape index (κ2) is 8.86. The largest absolute Gasteiger partial charge is 0.462 e. The van der Waals surface area contributed by atoms with Gasteiger partial charge in [0.25, 0.3) is 5.91 Å². The lowest BCUT2D eigenvalue weighted by atomic mass is 10.0. The van der Waals surface area contributed by atoms with Crippen LogP contribution in [0.15, 0.2) is 24.3 Å². The molecule has 1 aliphatic rings. The number of nitrogens with zero attached hydrogens (tertiary/aromatic N) is 1. The molecule has 1 aromatic carbocycles. The molecule has 1 N–H and O–H groups in total. The summed E-state index contributed by atoms with van der Waals surface area (Å²) in [5.41, 5.74) is 1.98. The van der Waals surface area contributed by atoms with Crippen molar-refractivity contribution in [2.24, 2.45) is 0 Å². The van der Waals surface area contributed by atoms with Crippen LogP contribution in [-0.4, -0.2) is 37.0 Å². The predicted molar refractivity (Wildman–Crippen MR) is 107 cm³/mol. The number of fused-ring (bicyclic) bond motifs is 1. The summed E-state index contributed by atoms with van der Waals surface area (Å²) in [5, 5.41) is 4.00. The zero-order valence-electron chi connectivity index (χ0n) is 14.5. The molecular weight excluding hydrogens is 395 g/mol. The molecule has 0 spiro atoms. The van der Waals surface area contributed by atoms with Gasteiger partial charge in [0.15, 0.2) is 0 Å². The standard InChI is InChI=1S/C18H19ClN2O3S.ClH/c1-3-24-18(23)15-13-8-9-21(2)10-14(13)25-17(15)20-16(22)11-4-6-12(19)7-5-11;/h4-7H,3,8-10H2,1-2H3,(H,20,22);1H. The van der Waals surface area contributed by atoms with E-state index in [9.17, 15) is 9.59 Å². The molecule has 26 heavy (non-hydrogen) atoms. The quantitative estimate of drug-likeness (QED) is 0.759. The van der Waals surface area contributed by atoms with E-state index in [1.54, 1.807) is 31.2 Å². The van der Waals surface area contributed by atoms with Crippen molar-refractivity contribution in [2.75, 3.05) is 25.5 Å². The van der Waals surface area contributed by atoms with Gasteiger partial charge in [-0.25, -0.2) is 4.79 Å². The fourth-order valence-electron chi connectivity index (χ4n) is 2.82. The molecule has 8 heteroatoms. The summed E-state index contributed by atoms with van der Waals surface area (Å²) < 4.78 is 5.21. The Bertz CT molecular complexity index is 806. The Labute approximate surface area is 167 Å². The van der Waals surface area contributed by atoms with Crippen LogP contribution in [0.3, 0.4) is 0 Å². The lowest BCUT2D eigenvalue weighted by molar-refractivity contribution is 0.0526. The number of carbonyl (C=O) groups excluding carboxylic acids is 2. The van der Waals surface area contributed by atoms with Crippen LogP contribution in [0.2, 0.25) is 5.02 Å². The van der Waals surface area contributed by atoms with E-state index in [4.69, 9.17) is 16.3 Å². The highest BCUT2D eigenvalue weighted by molar-refractivity contribution is 7.17.